The first-order chi connectivity index (χ1) is 15.0. The number of ether oxygens (including phenoxy) is 6. The van der Waals surface area contributed by atoms with Crippen LogP contribution in [0.1, 0.15) is 61.8 Å². The molecular weight excluding hydrogens is 420 g/mol. The summed E-state index contributed by atoms with van der Waals surface area (Å²) >= 11 is 0. The van der Waals surface area contributed by atoms with Gasteiger partial charge in [0, 0.05) is 32.6 Å². The third kappa shape index (κ3) is 6.42. The molecule has 10 atom stereocenters. The number of esters is 3. The van der Waals surface area contributed by atoms with Gasteiger partial charge < -0.3 is 28.4 Å². The summed E-state index contributed by atoms with van der Waals surface area (Å²) in [5.41, 5.74) is 0. The zero-order valence-electron chi connectivity index (χ0n) is 20.4. The molecule has 0 bridgehead atoms. The monoisotopic (exact) mass is 458 g/mol. The molecule has 2 fully saturated rings. The molecule has 0 aliphatic carbocycles. The zero-order chi connectivity index (χ0) is 24.2. The second kappa shape index (κ2) is 11.4. The first kappa shape index (κ1) is 26.5. The molecule has 0 saturated carbocycles. The fourth-order valence-corrected chi connectivity index (χ4v) is 4.59. The Labute approximate surface area is 190 Å². The van der Waals surface area contributed by atoms with Crippen molar-refractivity contribution in [1.29, 1.82) is 0 Å². The van der Waals surface area contributed by atoms with Crippen LogP contribution in [0.15, 0.2) is 0 Å². The molecule has 9 heteroatoms. The molecular formula is C23H38O9. The summed E-state index contributed by atoms with van der Waals surface area (Å²) in [5.74, 6) is -1.56. The Morgan fingerprint density at radius 2 is 1.31 bits per heavy atom. The molecule has 2 rings (SSSR count). The molecule has 0 aromatic carbocycles. The Bertz CT molecular complexity index is 664. The minimum Gasteiger partial charge on any atom is -0.463 e. The highest BCUT2D eigenvalue weighted by atomic mass is 16.7. The summed E-state index contributed by atoms with van der Waals surface area (Å²) in [6, 6.07) is 0. The van der Waals surface area contributed by atoms with Crippen molar-refractivity contribution in [3.05, 3.63) is 0 Å². The quantitative estimate of drug-likeness (QED) is 0.420. The third-order valence-electron chi connectivity index (χ3n) is 6.51. The maximum Gasteiger partial charge on any atom is 0.303 e. The lowest BCUT2D eigenvalue weighted by Gasteiger charge is -2.48. The van der Waals surface area contributed by atoms with Gasteiger partial charge in [-0.05, 0) is 19.3 Å². The number of carbonyl (C=O) groups is 3. The van der Waals surface area contributed by atoms with Crippen LogP contribution in [0.25, 0.3) is 0 Å². The Hall–Kier alpha value is -1.71. The van der Waals surface area contributed by atoms with Gasteiger partial charge in [-0.25, -0.2) is 0 Å². The molecule has 2 heterocycles. The Morgan fingerprint density at radius 3 is 1.84 bits per heavy atom. The highest BCUT2D eigenvalue weighted by Gasteiger charge is 2.49. The van der Waals surface area contributed by atoms with Crippen LogP contribution in [0.2, 0.25) is 0 Å². The molecule has 2 aliphatic heterocycles. The van der Waals surface area contributed by atoms with Gasteiger partial charge in [0.2, 0.25) is 0 Å². The van der Waals surface area contributed by atoms with Crippen molar-refractivity contribution in [3.8, 4) is 0 Å². The van der Waals surface area contributed by atoms with Gasteiger partial charge >= 0.3 is 17.9 Å². The molecule has 2 aliphatic rings. The lowest BCUT2D eigenvalue weighted by Crippen LogP contribution is -2.59. The van der Waals surface area contributed by atoms with Gasteiger partial charge in [-0.3, -0.25) is 14.4 Å². The SMILES string of the molecule is CCC1O[C@@H](C)C(OC(C)=O)[C@@H](C)[C@H]1O[C@@H]1OC(COC(C)=O)[C@H](C)[C@H](C)C1OC(C)=O. The summed E-state index contributed by atoms with van der Waals surface area (Å²) in [7, 11) is 0. The molecule has 32 heavy (non-hydrogen) atoms. The van der Waals surface area contributed by atoms with Gasteiger partial charge in [0.15, 0.2) is 12.4 Å². The van der Waals surface area contributed by atoms with Crippen LogP contribution in [0, 0.1) is 17.8 Å². The largest absolute Gasteiger partial charge is 0.463 e. The topological polar surface area (TPSA) is 107 Å². The van der Waals surface area contributed by atoms with Crippen molar-refractivity contribution >= 4 is 17.9 Å². The van der Waals surface area contributed by atoms with Crippen molar-refractivity contribution in [2.75, 3.05) is 6.61 Å². The number of carbonyl (C=O) groups excluding carboxylic acids is 3. The third-order valence-corrected chi connectivity index (χ3v) is 6.51. The summed E-state index contributed by atoms with van der Waals surface area (Å²) in [6.07, 6.45) is -2.76. The Balaban J connectivity index is 2.28. The van der Waals surface area contributed by atoms with Crippen LogP contribution in [-0.4, -0.2) is 67.4 Å². The van der Waals surface area contributed by atoms with Gasteiger partial charge in [-0.2, -0.15) is 0 Å². The molecule has 9 nitrogen and oxygen atoms in total. The van der Waals surface area contributed by atoms with E-state index in [0.29, 0.717) is 6.42 Å². The Morgan fingerprint density at radius 1 is 0.719 bits per heavy atom. The van der Waals surface area contributed by atoms with E-state index in [-0.39, 0.29) is 42.5 Å². The number of hydrogen-bond donors (Lipinski definition) is 0. The standard InChI is InChI=1S/C23H38O9/c1-9-18-21(13(4)20(14(5)28-18)29-16(7)25)32-23-22(30-17(8)26)12(3)11(2)19(31-23)10-27-15(6)24/h11-14,18-23H,9-10H2,1-8H3/t11-,12+,13-,14+,18?,19?,20?,21-,22?,23+/m1/s1. The van der Waals surface area contributed by atoms with E-state index in [2.05, 4.69) is 0 Å². The first-order valence-corrected chi connectivity index (χ1v) is 11.4. The molecule has 184 valence electrons. The van der Waals surface area contributed by atoms with Crippen LogP contribution >= 0.6 is 0 Å². The number of hydrogen-bond acceptors (Lipinski definition) is 9. The highest BCUT2D eigenvalue weighted by Crippen LogP contribution is 2.38. The highest BCUT2D eigenvalue weighted by molar-refractivity contribution is 5.66. The molecule has 0 N–H and O–H groups in total. The molecule has 0 aromatic rings. The molecule has 0 amide bonds. The molecule has 4 unspecified atom stereocenters. The van der Waals surface area contributed by atoms with Crippen LogP contribution in [0.4, 0.5) is 0 Å². The first-order valence-electron chi connectivity index (χ1n) is 11.4. The van der Waals surface area contributed by atoms with Crippen molar-refractivity contribution in [2.24, 2.45) is 17.8 Å². The lowest BCUT2D eigenvalue weighted by molar-refractivity contribution is -0.321. The lowest BCUT2D eigenvalue weighted by atomic mass is 9.83. The predicted molar refractivity (Wildman–Crippen MR) is 113 cm³/mol. The molecule has 0 radical (unpaired) electrons. The number of rotatable bonds is 7. The smallest absolute Gasteiger partial charge is 0.303 e. The van der Waals surface area contributed by atoms with Gasteiger partial charge in [-0.1, -0.05) is 27.7 Å². The second-order valence-corrected chi connectivity index (χ2v) is 8.96. The van der Waals surface area contributed by atoms with Gasteiger partial charge in [0.1, 0.15) is 12.7 Å². The van der Waals surface area contributed by atoms with E-state index >= 15 is 0 Å². The second-order valence-electron chi connectivity index (χ2n) is 8.96. The van der Waals surface area contributed by atoms with Gasteiger partial charge in [0.05, 0.1) is 24.4 Å². The van der Waals surface area contributed by atoms with Gasteiger partial charge in [-0.15, -0.1) is 0 Å². The van der Waals surface area contributed by atoms with E-state index < -0.39 is 42.6 Å². The summed E-state index contributed by atoms with van der Waals surface area (Å²) in [6.45, 7) is 13.9. The maximum absolute atomic E-state index is 11.8. The average Bonchev–Trinajstić information content (AvgIpc) is 2.70. The average molecular weight is 459 g/mol. The molecule has 0 aromatic heterocycles. The van der Waals surface area contributed by atoms with Crippen LogP contribution in [0.5, 0.6) is 0 Å². The minimum atomic E-state index is -0.887. The summed E-state index contributed by atoms with van der Waals surface area (Å²) in [4.78, 5) is 34.8. The van der Waals surface area contributed by atoms with E-state index in [1.54, 1.807) is 0 Å². The summed E-state index contributed by atoms with van der Waals surface area (Å²) in [5, 5.41) is 0. The van der Waals surface area contributed by atoms with Crippen LogP contribution in [-0.2, 0) is 42.8 Å². The van der Waals surface area contributed by atoms with Crippen molar-refractivity contribution in [2.45, 2.75) is 105 Å². The summed E-state index contributed by atoms with van der Waals surface area (Å²) < 4.78 is 35.0. The maximum atomic E-state index is 11.8. The normalized spacial score (nSPS) is 39.8. The van der Waals surface area contributed by atoms with Crippen molar-refractivity contribution in [3.63, 3.8) is 0 Å². The predicted octanol–water partition coefficient (Wildman–Crippen LogP) is 2.63. The van der Waals surface area contributed by atoms with Crippen LogP contribution < -0.4 is 0 Å². The van der Waals surface area contributed by atoms with Crippen molar-refractivity contribution in [1.82, 2.24) is 0 Å². The minimum absolute atomic E-state index is 0.0469. The zero-order valence-corrected chi connectivity index (χ0v) is 20.4. The van der Waals surface area contributed by atoms with Gasteiger partial charge in [0.25, 0.3) is 0 Å². The van der Waals surface area contributed by atoms with E-state index in [1.165, 1.54) is 20.8 Å². The molecule has 2 saturated heterocycles. The molecule has 0 spiro atoms. The van der Waals surface area contributed by atoms with Crippen molar-refractivity contribution < 1.29 is 42.8 Å². The van der Waals surface area contributed by atoms with Crippen LogP contribution in [0.3, 0.4) is 0 Å². The Kier molecular flexibility index (Phi) is 9.48. The van der Waals surface area contributed by atoms with E-state index in [0.717, 1.165) is 0 Å². The fourth-order valence-electron chi connectivity index (χ4n) is 4.59. The van der Waals surface area contributed by atoms with E-state index in [9.17, 15) is 14.4 Å². The van der Waals surface area contributed by atoms with E-state index in [1.807, 2.05) is 34.6 Å². The fraction of sp³-hybridized carbons (Fsp3) is 0.870. The van der Waals surface area contributed by atoms with E-state index in [4.69, 9.17) is 28.4 Å².